The molecule has 0 aliphatic heterocycles. The Balaban J connectivity index is 3.10. The summed E-state index contributed by atoms with van der Waals surface area (Å²) in [5.74, 6) is 0.376. The van der Waals surface area contributed by atoms with Gasteiger partial charge >= 0.3 is 6.09 Å². The second kappa shape index (κ2) is 7.53. The van der Waals surface area contributed by atoms with Crippen molar-refractivity contribution in [1.29, 1.82) is 0 Å². The lowest BCUT2D eigenvalue weighted by atomic mass is 10.2. The number of methoxy groups -OCH3 is 2. The molecule has 0 aromatic carbocycles. The molecular formula is C15H24N2O5. The van der Waals surface area contributed by atoms with Crippen LogP contribution in [0.25, 0.3) is 0 Å². The lowest BCUT2D eigenvalue weighted by Crippen LogP contribution is -2.34. The molecule has 0 unspecified atom stereocenters. The van der Waals surface area contributed by atoms with E-state index in [1.807, 2.05) is 0 Å². The van der Waals surface area contributed by atoms with Crippen molar-refractivity contribution in [2.45, 2.75) is 39.3 Å². The number of amides is 1. The van der Waals surface area contributed by atoms with Crippen molar-refractivity contribution >= 4 is 11.9 Å². The fourth-order valence-electron chi connectivity index (χ4n) is 1.76. The highest BCUT2D eigenvalue weighted by Crippen LogP contribution is 2.24. The molecular weight excluding hydrogens is 288 g/mol. The third-order valence-corrected chi connectivity index (χ3v) is 2.83. The topological polar surface area (TPSA) is 81.1 Å². The van der Waals surface area contributed by atoms with Gasteiger partial charge in [-0.2, -0.15) is 0 Å². The summed E-state index contributed by atoms with van der Waals surface area (Å²) in [6, 6.07) is 3.30. The van der Waals surface area contributed by atoms with Crippen molar-refractivity contribution in [3.8, 4) is 0 Å². The molecule has 0 radical (unpaired) electrons. The van der Waals surface area contributed by atoms with Gasteiger partial charge in [0.1, 0.15) is 17.1 Å². The molecule has 1 heterocycles. The first kappa shape index (κ1) is 18.3. The van der Waals surface area contributed by atoms with Crippen molar-refractivity contribution in [2.75, 3.05) is 26.2 Å². The van der Waals surface area contributed by atoms with Crippen LogP contribution in [0, 0.1) is 0 Å². The number of aromatic nitrogens is 1. The smallest absolute Gasteiger partial charge is 0.415 e. The van der Waals surface area contributed by atoms with Gasteiger partial charge in [0.05, 0.1) is 6.61 Å². The predicted octanol–water partition coefficient (Wildman–Crippen LogP) is 2.24. The lowest BCUT2D eigenvalue weighted by molar-refractivity contribution is -0.109. The van der Waals surface area contributed by atoms with Crippen LogP contribution in [0.4, 0.5) is 10.6 Å². The number of anilines is 1. The molecule has 1 N–H and O–H groups in total. The van der Waals surface area contributed by atoms with Crippen molar-refractivity contribution < 1.29 is 24.1 Å². The van der Waals surface area contributed by atoms with E-state index in [2.05, 4.69) is 4.98 Å². The van der Waals surface area contributed by atoms with Gasteiger partial charge in [0.25, 0.3) is 0 Å². The van der Waals surface area contributed by atoms with Crippen molar-refractivity contribution in [3.05, 3.63) is 23.4 Å². The minimum atomic E-state index is -0.728. The lowest BCUT2D eigenvalue weighted by Gasteiger charge is -2.25. The minimum Gasteiger partial charge on any atom is -0.443 e. The summed E-state index contributed by atoms with van der Waals surface area (Å²) in [6.45, 7) is 5.16. The third-order valence-electron chi connectivity index (χ3n) is 2.83. The standard InChI is InChI=1S/C15H24N2O5/c1-15(2,3)22-14(19)17(4)11-8-7-10(9-18)12(16-11)13(20-5)21-6/h7-8,13,18H,9H2,1-6H3. The van der Waals surface area contributed by atoms with Crippen molar-refractivity contribution in [1.82, 2.24) is 4.98 Å². The molecule has 0 saturated carbocycles. The Labute approximate surface area is 130 Å². The molecule has 0 bridgehead atoms. The van der Waals surface area contributed by atoms with Crippen LogP contribution in [-0.4, -0.2) is 43.1 Å². The van der Waals surface area contributed by atoms with Crippen LogP contribution in [0.2, 0.25) is 0 Å². The summed E-state index contributed by atoms with van der Waals surface area (Å²) in [6.07, 6.45) is -1.25. The van der Waals surface area contributed by atoms with Gasteiger partial charge in [0.2, 0.25) is 6.29 Å². The van der Waals surface area contributed by atoms with Gasteiger partial charge in [0, 0.05) is 26.8 Å². The van der Waals surface area contributed by atoms with Crippen molar-refractivity contribution in [2.24, 2.45) is 0 Å². The average Bonchev–Trinajstić information content (AvgIpc) is 2.46. The summed E-state index contributed by atoms with van der Waals surface area (Å²) in [7, 11) is 4.51. The van der Waals surface area contributed by atoms with Gasteiger partial charge in [-0.1, -0.05) is 6.07 Å². The second-order valence-electron chi connectivity index (χ2n) is 5.71. The van der Waals surface area contributed by atoms with E-state index in [0.29, 0.717) is 17.1 Å². The fourth-order valence-corrected chi connectivity index (χ4v) is 1.76. The maximum absolute atomic E-state index is 12.1. The number of aliphatic hydroxyl groups excluding tert-OH is 1. The molecule has 0 atom stereocenters. The van der Waals surface area contributed by atoms with Gasteiger partial charge in [0.15, 0.2) is 0 Å². The zero-order valence-electron chi connectivity index (χ0n) is 13.9. The quantitative estimate of drug-likeness (QED) is 0.840. The molecule has 7 heteroatoms. The SMILES string of the molecule is COC(OC)c1nc(N(C)C(=O)OC(C)(C)C)ccc1CO. The molecule has 1 rings (SSSR count). The largest absolute Gasteiger partial charge is 0.443 e. The van der Waals surface area contributed by atoms with Gasteiger partial charge in [-0.3, -0.25) is 4.90 Å². The number of hydrogen-bond donors (Lipinski definition) is 1. The Bertz CT molecular complexity index is 509. The van der Waals surface area contributed by atoms with Crippen LogP contribution in [-0.2, 0) is 20.8 Å². The molecule has 0 aliphatic carbocycles. The Morgan fingerprint density at radius 2 is 1.91 bits per heavy atom. The molecule has 1 aromatic rings. The fraction of sp³-hybridized carbons (Fsp3) is 0.600. The second-order valence-corrected chi connectivity index (χ2v) is 5.71. The summed E-state index contributed by atoms with van der Waals surface area (Å²) < 4.78 is 15.6. The number of rotatable bonds is 5. The van der Waals surface area contributed by atoms with Crippen LogP contribution in [0.3, 0.4) is 0 Å². The Kier molecular flexibility index (Phi) is 6.28. The summed E-state index contributed by atoms with van der Waals surface area (Å²) >= 11 is 0. The van der Waals surface area contributed by atoms with E-state index in [9.17, 15) is 9.90 Å². The molecule has 22 heavy (non-hydrogen) atoms. The Morgan fingerprint density at radius 1 is 1.32 bits per heavy atom. The highest BCUT2D eigenvalue weighted by atomic mass is 16.7. The maximum atomic E-state index is 12.1. The number of hydrogen-bond acceptors (Lipinski definition) is 6. The van der Waals surface area contributed by atoms with E-state index in [-0.39, 0.29) is 6.61 Å². The number of aliphatic hydroxyl groups is 1. The Morgan fingerprint density at radius 3 is 2.36 bits per heavy atom. The zero-order chi connectivity index (χ0) is 16.9. The van der Waals surface area contributed by atoms with Crippen LogP contribution in [0.5, 0.6) is 0 Å². The number of carbonyl (C=O) groups excluding carboxylic acids is 1. The Hall–Kier alpha value is -1.70. The van der Waals surface area contributed by atoms with Crippen LogP contribution >= 0.6 is 0 Å². The van der Waals surface area contributed by atoms with E-state index in [0.717, 1.165) is 0 Å². The van der Waals surface area contributed by atoms with E-state index in [4.69, 9.17) is 14.2 Å². The summed E-state index contributed by atoms with van der Waals surface area (Å²) in [5, 5.41) is 9.39. The highest BCUT2D eigenvalue weighted by Gasteiger charge is 2.23. The van der Waals surface area contributed by atoms with E-state index in [1.54, 1.807) is 40.0 Å². The maximum Gasteiger partial charge on any atom is 0.415 e. The van der Waals surface area contributed by atoms with Gasteiger partial charge in [-0.05, 0) is 26.8 Å². The number of pyridine rings is 1. The first-order chi connectivity index (χ1) is 10.2. The molecule has 124 valence electrons. The first-order valence-electron chi connectivity index (χ1n) is 6.86. The number of carbonyl (C=O) groups is 1. The third kappa shape index (κ3) is 4.66. The van der Waals surface area contributed by atoms with Crippen LogP contribution < -0.4 is 4.90 Å². The van der Waals surface area contributed by atoms with E-state index in [1.165, 1.54) is 19.1 Å². The molecule has 1 aromatic heterocycles. The normalized spacial score (nSPS) is 11.6. The molecule has 7 nitrogen and oxygen atoms in total. The number of ether oxygens (including phenoxy) is 3. The highest BCUT2D eigenvalue weighted by molar-refractivity contribution is 5.86. The van der Waals surface area contributed by atoms with Crippen LogP contribution in [0.1, 0.15) is 38.3 Å². The van der Waals surface area contributed by atoms with Crippen molar-refractivity contribution in [3.63, 3.8) is 0 Å². The monoisotopic (exact) mass is 312 g/mol. The minimum absolute atomic E-state index is 0.206. The molecule has 0 spiro atoms. The van der Waals surface area contributed by atoms with E-state index < -0.39 is 18.0 Å². The van der Waals surface area contributed by atoms with E-state index >= 15 is 0 Å². The molecule has 0 saturated heterocycles. The molecule has 0 fully saturated rings. The van der Waals surface area contributed by atoms with Gasteiger partial charge < -0.3 is 19.3 Å². The van der Waals surface area contributed by atoms with Gasteiger partial charge in [-0.25, -0.2) is 9.78 Å². The molecule has 0 aliphatic rings. The summed E-state index contributed by atoms with van der Waals surface area (Å²) in [4.78, 5) is 17.7. The first-order valence-corrected chi connectivity index (χ1v) is 6.86. The van der Waals surface area contributed by atoms with Crippen LogP contribution in [0.15, 0.2) is 12.1 Å². The zero-order valence-corrected chi connectivity index (χ0v) is 13.9. The average molecular weight is 312 g/mol. The number of nitrogens with zero attached hydrogens (tertiary/aromatic N) is 2. The summed E-state index contributed by atoms with van der Waals surface area (Å²) in [5.41, 5.74) is 0.385. The predicted molar refractivity (Wildman–Crippen MR) is 81.6 cm³/mol. The van der Waals surface area contributed by atoms with Gasteiger partial charge in [-0.15, -0.1) is 0 Å². The molecule has 1 amide bonds.